The Morgan fingerprint density at radius 2 is 2.25 bits per heavy atom. The molecule has 0 saturated carbocycles. The minimum atomic E-state index is -4.15. The molecule has 20 heavy (non-hydrogen) atoms. The molecule has 1 heterocycles. The van der Waals surface area contributed by atoms with Crippen LogP contribution in [0.5, 0.6) is 5.75 Å². The highest BCUT2D eigenvalue weighted by Gasteiger charge is 2.24. The largest absolute Gasteiger partial charge is 0.488 e. The lowest BCUT2D eigenvalue weighted by Gasteiger charge is -2.12. The minimum Gasteiger partial charge on any atom is -0.488 e. The highest BCUT2D eigenvalue weighted by atomic mass is 79.9. The van der Waals surface area contributed by atoms with Gasteiger partial charge in [-0.1, -0.05) is 0 Å². The van der Waals surface area contributed by atoms with Crippen LogP contribution >= 0.6 is 15.9 Å². The van der Waals surface area contributed by atoms with Gasteiger partial charge in [-0.25, -0.2) is 22.7 Å². The maximum atomic E-state index is 13.6. The molecule has 1 aromatic carbocycles. The molecule has 1 atom stereocenters. The molecule has 1 amide bonds. The van der Waals surface area contributed by atoms with Gasteiger partial charge in [-0.15, -0.1) is 0 Å². The molecule has 1 aliphatic heterocycles. The van der Waals surface area contributed by atoms with Crippen molar-refractivity contribution in [3.63, 3.8) is 0 Å². The summed E-state index contributed by atoms with van der Waals surface area (Å²) in [6, 6.07) is 1.91. The number of primary sulfonamides is 1. The van der Waals surface area contributed by atoms with Crippen LogP contribution in [0, 0.1) is 5.82 Å². The predicted molar refractivity (Wildman–Crippen MR) is 69.2 cm³/mol. The van der Waals surface area contributed by atoms with E-state index < -0.39 is 32.9 Å². The van der Waals surface area contributed by atoms with Crippen LogP contribution in [0.3, 0.4) is 0 Å². The monoisotopic (exact) mass is 368 g/mol. The molecule has 1 aliphatic rings. The molecule has 0 spiro atoms. The number of nitrogens with two attached hydrogens (primary N) is 1. The Bertz CT molecular complexity index is 651. The lowest BCUT2D eigenvalue weighted by atomic mass is 10.3. The van der Waals surface area contributed by atoms with E-state index in [9.17, 15) is 17.6 Å². The molecule has 10 heteroatoms. The molecule has 1 fully saturated rings. The fourth-order valence-electron chi connectivity index (χ4n) is 1.55. The van der Waals surface area contributed by atoms with Crippen molar-refractivity contribution in [3.8, 4) is 5.75 Å². The number of rotatable bonds is 4. The molecule has 3 N–H and O–H groups in total. The van der Waals surface area contributed by atoms with Gasteiger partial charge in [0.05, 0.1) is 11.0 Å². The Labute approximate surface area is 122 Å². The maximum absolute atomic E-state index is 13.6. The number of sulfonamides is 1. The fourth-order valence-corrected chi connectivity index (χ4v) is 2.77. The van der Waals surface area contributed by atoms with E-state index >= 15 is 0 Å². The molecule has 2 rings (SSSR count). The molecular formula is C10H10BrFN2O5S. The summed E-state index contributed by atoms with van der Waals surface area (Å²) in [5.41, 5.74) is 0. The summed E-state index contributed by atoms with van der Waals surface area (Å²) in [4.78, 5) is 10.2. The van der Waals surface area contributed by atoms with Crippen molar-refractivity contribution in [2.45, 2.75) is 11.0 Å². The zero-order chi connectivity index (χ0) is 14.9. The van der Waals surface area contributed by atoms with Crippen molar-refractivity contribution in [1.82, 2.24) is 5.32 Å². The van der Waals surface area contributed by atoms with E-state index in [4.69, 9.17) is 14.6 Å². The van der Waals surface area contributed by atoms with Crippen molar-refractivity contribution in [1.29, 1.82) is 0 Å². The second-order valence-electron chi connectivity index (χ2n) is 3.98. The molecule has 7 nitrogen and oxygen atoms in total. The van der Waals surface area contributed by atoms with E-state index in [1.165, 1.54) is 0 Å². The van der Waals surface area contributed by atoms with Gasteiger partial charge in [0.15, 0.2) is 6.10 Å². The standard InChI is InChI=1S/C10H10BrFN2O5S/c11-6-1-9(20(13,16)17)7(12)2-8(6)18-4-5-3-14-10(15)19-5/h1-2,5H,3-4H2,(H,14,15)(H2,13,16,17). The average molecular weight is 369 g/mol. The first-order valence-electron chi connectivity index (χ1n) is 5.36. The number of benzene rings is 1. The highest BCUT2D eigenvalue weighted by Crippen LogP contribution is 2.30. The molecule has 1 unspecified atom stereocenters. The van der Waals surface area contributed by atoms with Gasteiger partial charge in [0.2, 0.25) is 10.0 Å². The van der Waals surface area contributed by atoms with E-state index in [2.05, 4.69) is 21.2 Å². The van der Waals surface area contributed by atoms with Crippen molar-refractivity contribution in [2.24, 2.45) is 5.14 Å². The quantitative estimate of drug-likeness (QED) is 0.813. The first kappa shape index (κ1) is 15.0. The second-order valence-corrected chi connectivity index (χ2v) is 6.36. The van der Waals surface area contributed by atoms with E-state index in [-0.39, 0.29) is 23.4 Å². The minimum absolute atomic E-state index is 0.00546. The van der Waals surface area contributed by atoms with Gasteiger partial charge in [0, 0.05) is 6.07 Å². The van der Waals surface area contributed by atoms with Crippen LogP contribution in [0.4, 0.5) is 9.18 Å². The lowest BCUT2D eigenvalue weighted by Crippen LogP contribution is -2.22. The fraction of sp³-hybridized carbons (Fsp3) is 0.300. The summed E-state index contributed by atoms with van der Waals surface area (Å²) in [6.07, 6.45) is -1.04. The van der Waals surface area contributed by atoms with Crippen LogP contribution in [-0.2, 0) is 14.8 Å². The van der Waals surface area contributed by atoms with E-state index in [1.54, 1.807) is 0 Å². The number of alkyl carbamates (subject to hydrolysis) is 1. The third-order valence-electron chi connectivity index (χ3n) is 2.47. The van der Waals surface area contributed by atoms with Gasteiger partial charge in [-0.3, -0.25) is 0 Å². The molecule has 1 saturated heterocycles. The Kier molecular flexibility index (Phi) is 4.16. The summed E-state index contributed by atoms with van der Waals surface area (Å²) in [5.74, 6) is -0.940. The van der Waals surface area contributed by atoms with Crippen LogP contribution in [0.25, 0.3) is 0 Å². The maximum Gasteiger partial charge on any atom is 0.407 e. The molecule has 0 aromatic heterocycles. The number of nitrogens with one attached hydrogen (secondary N) is 1. The van der Waals surface area contributed by atoms with Crippen molar-refractivity contribution < 1.29 is 27.1 Å². The highest BCUT2D eigenvalue weighted by molar-refractivity contribution is 9.10. The summed E-state index contributed by atoms with van der Waals surface area (Å²) >= 11 is 3.06. The zero-order valence-electron chi connectivity index (χ0n) is 9.93. The zero-order valence-corrected chi connectivity index (χ0v) is 12.3. The second kappa shape index (κ2) is 5.54. The molecule has 110 valence electrons. The Morgan fingerprint density at radius 1 is 1.55 bits per heavy atom. The summed E-state index contributed by atoms with van der Waals surface area (Å²) in [5, 5.41) is 7.31. The predicted octanol–water partition coefficient (Wildman–Crippen LogP) is 0.723. The molecule has 1 aromatic rings. The summed E-state index contributed by atoms with van der Waals surface area (Å²) < 4.78 is 46.2. The molecule has 0 bridgehead atoms. The number of amides is 1. The van der Waals surface area contributed by atoms with Gasteiger partial charge in [-0.2, -0.15) is 0 Å². The third-order valence-corrected chi connectivity index (χ3v) is 4.01. The van der Waals surface area contributed by atoms with E-state index in [0.717, 1.165) is 12.1 Å². The normalized spacial score (nSPS) is 18.6. The SMILES string of the molecule is NS(=O)(=O)c1cc(Br)c(OCC2CNC(=O)O2)cc1F. The van der Waals surface area contributed by atoms with Gasteiger partial charge in [0.1, 0.15) is 23.1 Å². The van der Waals surface area contributed by atoms with Crippen molar-refractivity contribution in [3.05, 3.63) is 22.4 Å². The number of halogens is 2. The van der Waals surface area contributed by atoms with Crippen LogP contribution in [0.15, 0.2) is 21.5 Å². The smallest absolute Gasteiger partial charge is 0.407 e. The number of carbonyl (C=O) groups is 1. The van der Waals surface area contributed by atoms with E-state index in [1.807, 2.05) is 0 Å². The summed E-state index contributed by atoms with van der Waals surface area (Å²) in [7, 11) is -4.15. The van der Waals surface area contributed by atoms with Crippen LogP contribution in [0.2, 0.25) is 0 Å². The van der Waals surface area contributed by atoms with Gasteiger partial charge in [0.25, 0.3) is 0 Å². The average Bonchev–Trinajstić information content (AvgIpc) is 2.74. The lowest BCUT2D eigenvalue weighted by molar-refractivity contribution is 0.104. The summed E-state index contributed by atoms with van der Waals surface area (Å²) in [6.45, 7) is 0.291. The molecule has 0 aliphatic carbocycles. The number of cyclic esters (lactones) is 1. The third kappa shape index (κ3) is 3.38. The van der Waals surface area contributed by atoms with Crippen molar-refractivity contribution in [2.75, 3.05) is 13.2 Å². The molecule has 0 radical (unpaired) electrons. The van der Waals surface area contributed by atoms with Crippen LogP contribution in [-0.4, -0.2) is 33.8 Å². The van der Waals surface area contributed by atoms with Gasteiger partial charge < -0.3 is 14.8 Å². The van der Waals surface area contributed by atoms with Gasteiger partial charge in [-0.05, 0) is 22.0 Å². The topological polar surface area (TPSA) is 108 Å². The first-order valence-corrected chi connectivity index (χ1v) is 7.70. The number of ether oxygens (including phenoxy) is 2. The molecular weight excluding hydrogens is 359 g/mol. The number of carbonyl (C=O) groups excluding carboxylic acids is 1. The number of hydrogen-bond donors (Lipinski definition) is 2. The number of hydrogen-bond acceptors (Lipinski definition) is 5. The Hall–Kier alpha value is -1.39. The van der Waals surface area contributed by atoms with Crippen LogP contribution in [0.1, 0.15) is 0 Å². The Morgan fingerprint density at radius 3 is 2.80 bits per heavy atom. The van der Waals surface area contributed by atoms with Gasteiger partial charge >= 0.3 is 6.09 Å². The van der Waals surface area contributed by atoms with Crippen LogP contribution < -0.4 is 15.2 Å². The first-order chi connectivity index (χ1) is 9.27. The van der Waals surface area contributed by atoms with Crippen molar-refractivity contribution >= 4 is 32.0 Å². The van der Waals surface area contributed by atoms with E-state index in [0.29, 0.717) is 0 Å². The Balaban J connectivity index is 2.13.